The molecule has 8 heteroatoms. The van der Waals surface area contributed by atoms with Gasteiger partial charge in [-0.25, -0.2) is 0 Å². The molecule has 0 aromatic heterocycles. The molecular weight excluding hydrogens is 234 g/mol. The van der Waals surface area contributed by atoms with Crippen LogP contribution >= 0.6 is 12.2 Å². The van der Waals surface area contributed by atoms with Crippen molar-refractivity contribution in [1.29, 1.82) is 0 Å². The molecule has 0 aliphatic carbocycles. The van der Waals surface area contributed by atoms with Crippen LogP contribution in [0.2, 0.25) is 0 Å². The molecule has 0 aromatic rings. The van der Waals surface area contributed by atoms with Gasteiger partial charge in [-0.2, -0.15) is 0 Å². The summed E-state index contributed by atoms with van der Waals surface area (Å²) in [7, 11) is 0. The number of nitrogens with two attached hydrogens (primary N) is 1. The highest BCUT2D eigenvalue weighted by molar-refractivity contribution is 7.80. The Morgan fingerprint density at radius 3 is 2.31 bits per heavy atom. The summed E-state index contributed by atoms with van der Waals surface area (Å²) >= 11 is 4.67. The molecule has 7 nitrogen and oxygen atoms in total. The molecule has 0 rings (SSSR count). The Morgan fingerprint density at radius 2 is 1.88 bits per heavy atom. The smallest absolute Gasteiger partial charge is 0.328 e. The Morgan fingerprint density at radius 1 is 1.31 bits per heavy atom. The van der Waals surface area contributed by atoms with Crippen LogP contribution in [0.25, 0.3) is 0 Å². The van der Waals surface area contributed by atoms with E-state index in [0.29, 0.717) is 4.99 Å². The number of carbonyl (C=O) groups excluding carboxylic acids is 2. The van der Waals surface area contributed by atoms with Gasteiger partial charge in [0.2, 0.25) is 5.91 Å². The number of thiocarbonyl (C=S) groups is 1. The Kier molecular flexibility index (Phi) is 6.19. The van der Waals surface area contributed by atoms with Gasteiger partial charge in [-0.15, -0.1) is 0 Å². The summed E-state index contributed by atoms with van der Waals surface area (Å²) in [5.74, 6) is -2.65. The third-order valence-electron chi connectivity index (χ3n) is 1.57. The van der Waals surface area contributed by atoms with Gasteiger partial charge in [0.15, 0.2) is 11.8 Å². The van der Waals surface area contributed by atoms with Crippen LogP contribution in [0.1, 0.15) is 6.92 Å². The maximum absolute atomic E-state index is 11.1. The number of Topliss-reactive ketones (excluding diaryl/α,β-unsaturated/α-hetero) is 1. The lowest BCUT2D eigenvalue weighted by Crippen LogP contribution is -2.46. The Balaban J connectivity index is 3.88. The number of carboxylic acids is 1. The van der Waals surface area contributed by atoms with Crippen LogP contribution in [0, 0.1) is 0 Å². The van der Waals surface area contributed by atoms with Crippen LogP contribution in [0.5, 0.6) is 0 Å². The summed E-state index contributed by atoms with van der Waals surface area (Å²) in [6.45, 7) is 1.13. The molecule has 0 bridgehead atoms. The third kappa shape index (κ3) is 6.04. The molecule has 1 atom stereocenters. The van der Waals surface area contributed by atoms with Gasteiger partial charge in [-0.3, -0.25) is 14.4 Å². The Bertz CT molecular complexity index is 318. The topological polar surface area (TPSA) is 122 Å². The van der Waals surface area contributed by atoms with Gasteiger partial charge >= 0.3 is 5.97 Å². The predicted octanol–water partition coefficient (Wildman–Crippen LogP) is -1.98. The van der Waals surface area contributed by atoms with Crippen LogP contribution in [0.4, 0.5) is 0 Å². The van der Waals surface area contributed by atoms with Gasteiger partial charge in [0.1, 0.15) is 0 Å². The minimum absolute atomic E-state index is 0.0646. The maximum atomic E-state index is 11.1. The summed E-state index contributed by atoms with van der Waals surface area (Å²) in [6, 6.07) is -1.61. The van der Waals surface area contributed by atoms with E-state index in [4.69, 9.17) is 10.8 Å². The van der Waals surface area contributed by atoms with E-state index in [9.17, 15) is 14.4 Å². The second-order valence-electron chi connectivity index (χ2n) is 2.97. The largest absolute Gasteiger partial charge is 0.480 e. The standard InChI is InChI=1S/C8H13N3O4S/c1-4(16)10-3-6(13)11-2-5(12)7(9)8(14)15/h7H,2-3,9H2,1H3,(H,10,16)(H,11,13)(H,14,15). The highest BCUT2D eigenvalue weighted by Gasteiger charge is 2.20. The van der Waals surface area contributed by atoms with Crippen molar-refractivity contribution in [1.82, 2.24) is 10.6 Å². The molecule has 0 radical (unpaired) electrons. The fraction of sp³-hybridized carbons (Fsp3) is 0.500. The van der Waals surface area contributed by atoms with Crippen molar-refractivity contribution in [3.05, 3.63) is 0 Å². The first-order valence-corrected chi connectivity index (χ1v) is 4.77. The van der Waals surface area contributed by atoms with Crippen molar-refractivity contribution in [2.45, 2.75) is 13.0 Å². The fourth-order valence-corrected chi connectivity index (χ4v) is 0.773. The van der Waals surface area contributed by atoms with Crippen molar-refractivity contribution in [2.24, 2.45) is 5.73 Å². The van der Waals surface area contributed by atoms with Crippen LogP contribution < -0.4 is 16.4 Å². The van der Waals surface area contributed by atoms with E-state index in [-0.39, 0.29) is 6.54 Å². The molecule has 1 unspecified atom stereocenters. The Hall–Kier alpha value is -1.54. The molecule has 0 aliphatic rings. The monoisotopic (exact) mass is 247 g/mol. The maximum Gasteiger partial charge on any atom is 0.328 e. The van der Waals surface area contributed by atoms with Gasteiger partial charge < -0.3 is 21.5 Å². The summed E-state index contributed by atoms with van der Waals surface area (Å²) in [4.78, 5) is 32.9. The zero-order valence-corrected chi connectivity index (χ0v) is 9.47. The molecule has 16 heavy (non-hydrogen) atoms. The van der Waals surface area contributed by atoms with E-state index in [1.807, 2.05) is 0 Å². The van der Waals surface area contributed by atoms with Gasteiger partial charge in [0.25, 0.3) is 0 Å². The van der Waals surface area contributed by atoms with E-state index in [0.717, 1.165) is 0 Å². The van der Waals surface area contributed by atoms with Gasteiger partial charge in [0, 0.05) is 0 Å². The number of aliphatic carboxylic acids is 1. The van der Waals surface area contributed by atoms with Crippen molar-refractivity contribution >= 4 is 34.9 Å². The molecule has 0 saturated heterocycles. The summed E-state index contributed by atoms with van der Waals surface area (Å²) < 4.78 is 0. The van der Waals surface area contributed by atoms with E-state index in [1.165, 1.54) is 0 Å². The molecule has 0 spiro atoms. The molecular formula is C8H13N3O4S. The highest BCUT2D eigenvalue weighted by Crippen LogP contribution is 1.81. The molecule has 0 saturated carbocycles. The zero-order valence-electron chi connectivity index (χ0n) is 8.65. The van der Waals surface area contributed by atoms with Crippen LogP contribution in [0.3, 0.4) is 0 Å². The summed E-state index contributed by atoms with van der Waals surface area (Å²) in [6.07, 6.45) is 0. The van der Waals surface area contributed by atoms with Gasteiger partial charge in [-0.1, -0.05) is 12.2 Å². The summed E-state index contributed by atoms with van der Waals surface area (Å²) in [5.41, 5.74) is 5.03. The number of carboxylic acid groups (broad SMARTS) is 1. The SMILES string of the molecule is CC(=S)NCC(=O)NCC(=O)C(N)C(=O)O. The van der Waals surface area contributed by atoms with E-state index >= 15 is 0 Å². The van der Waals surface area contributed by atoms with Crippen LogP contribution in [0.15, 0.2) is 0 Å². The first-order valence-electron chi connectivity index (χ1n) is 4.37. The number of rotatable bonds is 6. The molecule has 0 aliphatic heterocycles. The minimum atomic E-state index is -1.61. The second kappa shape index (κ2) is 6.85. The molecule has 0 heterocycles. The molecule has 1 amide bonds. The first-order chi connectivity index (χ1) is 7.34. The lowest BCUT2D eigenvalue weighted by molar-refractivity contribution is -0.142. The zero-order chi connectivity index (χ0) is 12.7. The van der Waals surface area contributed by atoms with Crippen LogP contribution in [-0.2, 0) is 14.4 Å². The second-order valence-corrected chi connectivity index (χ2v) is 3.58. The number of hydrogen-bond acceptors (Lipinski definition) is 5. The van der Waals surface area contributed by atoms with Gasteiger partial charge in [0.05, 0.1) is 18.1 Å². The normalized spacial score (nSPS) is 11.4. The van der Waals surface area contributed by atoms with E-state index in [2.05, 4.69) is 22.9 Å². The molecule has 0 aromatic carbocycles. The summed E-state index contributed by atoms with van der Waals surface area (Å²) in [5, 5.41) is 13.2. The van der Waals surface area contributed by atoms with Gasteiger partial charge in [-0.05, 0) is 6.92 Å². The van der Waals surface area contributed by atoms with Crippen molar-refractivity contribution in [3.63, 3.8) is 0 Å². The number of nitrogens with one attached hydrogen (secondary N) is 2. The van der Waals surface area contributed by atoms with Crippen LogP contribution in [-0.4, -0.2) is 46.9 Å². The van der Waals surface area contributed by atoms with E-state index < -0.39 is 30.2 Å². The minimum Gasteiger partial charge on any atom is -0.480 e. The molecule has 90 valence electrons. The lowest BCUT2D eigenvalue weighted by Gasteiger charge is -2.07. The number of hydrogen-bond donors (Lipinski definition) is 4. The van der Waals surface area contributed by atoms with Crippen molar-refractivity contribution < 1.29 is 19.5 Å². The lowest BCUT2D eigenvalue weighted by atomic mass is 10.2. The number of carbonyl (C=O) groups is 3. The first kappa shape index (κ1) is 14.5. The Labute approximate surface area is 97.4 Å². The quantitative estimate of drug-likeness (QED) is 0.317. The number of amides is 1. The predicted molar refractivity (Wildman–Crippen MR) is 59.9 cm³/mol. The molecule has 0 fully saturated rings. The van der Waals surface area contributed by atoms with Crippen molar-refractivity contribution in [3.8, 4) is 0 Å². The third-order valence-corrected chi connectivity index (χ3v) is 1.71. The highest BCUT2D eigenvalue weighted by atomic mass is 32.1. The van der Waals surface area contributed by atoms with Crippen molar-refractivity contribution in [2.75, 3.05) is 13.1 Å². The fourth-order valence-electron chi connectivity index (χ4n) is 0.701. The average molecular weight is 247 g/mol. The molecule has 5 N–H and O–H groups in total. The number of ketones is 1. The van der Waals surface area contributed by atoms with E-state index in [1.54, 1.807) is 6.92 Å². The average Bonchev–Trinajstić information content (AvgIpc) is 2.21.